The van der Waals surface area contributed by atoms with Crippen molar-refractivity contribution in [3.63, 3.8) is 0 Å². The van der Waals surface area contributed by atoms with Crippen LogP contribution in [0.5, 0.6) is 0 Å². The summed E-state index contributed by atoms with van der Waals surface area (Å²) in [5.74, 6) is 0.444. The van der Waals surface area contributed by atoms with Crippen LogP contribution in [0.3, 0.4) is 0 Å². The number of aliphatic hydroxyl groups excluding tert-OH is 1. The van der Waals surface area contributed by atoms with Gasteiger partial charge >= 0.3 is 8.26 Å². The summed E-state index contributed by atoms with van der Waals surface area (Å²) >= 11 is 19.2. The zero-order valence-corrected chi connectivity index (χ0v) is 20.3. The Morgan fingerprint density at radius 2 is 1.69 bits per heavy atom. The molecule has 2 N–H and O–H groups in total. The molecule has 4 heterocycles. The molecule has 7 nitrogen and oxygen atoms in total. The van der Waals surface area contributed by atoms with Gasteiger partial charge in [0.05, 0.1) is 12.1 Å². The van der Waals surface area contributed by atoms with Gasteiger partial charge in [0.2, 0.25) is 0 Å². The normalized spacial score (nSPS) is 10.9. The number of hydrogen-bond donors (Lipinski definition) is 2. The van der Waals surface area contributed by atoms with Crippen molar-refractivity contribution in [3.8, 4) is 0 Å². The lowest BCUT2D eigenvalue weighted by atomic mass is 10.3. The molecule has 0 bridgehead atoms. The lowest BCUT2D eigenvalue weighted by Gasteiger charge is -1.94. The van der Waals surface area contributed by atoms with Crippen LogP contribution in [0, 0.1) is 3.95 Å². The Balaban J connectivity index is 0.000000170. The zero-order valence-electron chi connectivity index (χ0n) is 14.0. The van der Waals surface area contributed by atoms with Gasteiger partial charge in [-0.3, -0.25) is 0 Å². The van der Waals surface area contributed by atoms with Crippen molar-refractivity contribution in [3.05, 3.63) is 44.1 Å². The molecule has 4 aromatic rings. The Kier molecular flexibility index (Phi) is 9.45. The molecular formula is C14H10Cl4N4O3S4. The van der Waals surface area contributed by atoms with E-state index in [1.54, 1.807) is 18.5 Å². The first kappa shape index (κ1) is 24.6. The summed E-state index contributed by atoms with van der Waals surface area (Å²) in [5.41, 5.74) is 3.50. The number of nitrogens with zero attached hydrogens (tertiary/aromatic N) is 3. The monoisotopic (exact) mass is 550 g/mol. The number of nitrogens with one attached hydrogen (secondary N) is 1. The average molecular weight is 552 g/mol. The standard InChI is InChI=1S/C7H4Cl2N2S.C7H6N2OS2.Cl2O2S/c8-3-4-1-2-10-6-5(4)11-7(9)12-6;10-3-4-1-2-8-6-5(4)9-7(11)12-6;1-5(2,3)4/h1-2H,3H2;1-2,10H,3H2,(H,9,11);. The number of alkyl halides is 1. The van der Waals surface area contributed by atoms with E-state index >= 15 is 0 Å². The number of rotatable bonds is 2. The molecular weight excluding hydrogens is 542 g/mol. The Hall–Kier alpha value is -0.630. The predicted octanol–water partition coefficient (Wildman–Crippen LogP) is 5.64. The number of aliphatic hydroxyl groups is 1. The molecule has 0 saturated carbocycles. The second-order valence-electron chi connectivity index (χ2n) is 4.93. The molecule has 0 atom stereocenters. The third-order valence-corrected chi connectivity index (χ3v) is 5.59. The molecule has 156 valence electrons. The molecule has 0 unspecified atom stereocenters. The summed E-state index contributed by atoms with van der Waals surface area (Å²) in [6.45, 7) is 0.0149. The van der Waals surface area contributed by atoms with E-state index in [0.29, 0.717) is 14.3 Å². The first-order valence-electron chi connectivity index (χ1n) is 7.30. The van der Waals surface area contributed by atoms with E-state index in [9.17, 15) is 0 Å². The molecule has 0 amide bonds. The van der Waals surface area contributed by atoms with Crippen LogP contribution in [0.15, 0.2) is 24.5 Å². The van der Waals surface area contributed by atoms with Gasteiger partial charge in [-0.05, 0) is 29.9 Å². The number of halogens is 4. The summed E-state index contributed by atoms with van der Waals surface area (Å²) in [6.07, 6.45) is 3.39. The van der Waals surface area contributed by atoms with Crippen molar-refractivity contribution in [2.75, 3.05) is 0 Å². The van der Waals surface area contributed by atoms with Crippen LogP contribution in [0.2, 0.25) is 4.47 Å². The summed E-state index contributed by atoms with van der Waals surface area (Å²) in [5, 5.41) is 8.97. The van der Waals surface area contributed by atoms with Gasteiger partial charge in [-0.15, -0.1) is 11.6 Å². The van der Waals surface area contributed by atoms with E-state index < -0.39 is 8.26 Å². The van der Waals surface area contributed by atoms with Crippen molar-refractivity contribution in [2.45, 2.75) is 12.5 Å². The number of thiazole rings is 2. The second kappa shape index (κ2) is 11.1. The molecule has 0 radical (unpaired) electrons. The second-order valence-corrected chi connectivity index (χ2v) is 12.1. The first-order chi connectivity index (χ1) is 13.6. The van der Waals surface area contributed by atoms with Crippen LogP contribution in [0.25, 0.3) is 20.7 Å². The lowest BCUT2D eigenvalue weighted by molar-refractivity contribution is 0.283. The van der Waals surface area contributed by atoms with Gasteiger partial charge in [0.25, 0.3) is 0 Å². The Labute approximate surface area is 197 Å². The Morgan fingerprint density at radius 1 is 1.10 bits per heavy atom. The van der Waals surface area contributed by atoms with Crippen molar-refractivity contribution >= 4 is 108 Å². The van der Waals surface area contributed by atoms with Crippen LogP contribution in [-0.4, -0.2) is 33.5 Å². The van der Waals surface area contributed by atoms with Crippen LogP contribution >= 0.6 is 79.5 Å². The molecule has 0 aliphatic rings. The van der Waals surface area contributed by atoms with Gasteiger partial charge in [0.1, 0.15) is 15.2 Å². The highest BCUT2D eigenvalue weighted by Gasteiger charge is 2.06. The maximum absolute atomic E-state index is 9.16. The molecule has 0 aromatic carbocycles. The van der Waals surface area contributed by atoms with Gasteiger partial charge < -0.3 is 10.1 Å². The Bertz CT molecular complexity index is 1260. The SMILES string of the molecule is ClCc1ccnc2sc(Cl)nc12.O=S(=O)(Cl)Cl.OCc1ccnc2sc(=S)[nH]c12. The van der Waals surface area contributed by atoms with E-state index in [1.807, 2.05) is 6.07 Å². The Morgan fingerprint density at radius 3 is 2.28 bits per heavy atom. The quantitative estimate of drug-likeness (QED) is 0.188. The molecule has 4 aromatic heterocycles. The fraction of sp³-hybridized carbons (Fsp3) is 0.143. The van der Waals surface area contributed by atoms with Crippen molar-refractivity contribution in [2.24, 2.45) is 0 Å². The van der Waals surface area contributed by atoms with Gasteiger partial charge in [0, 0.05) is 45.2 Å². The van der Waals surface area contributed by atoms with Gasteiger partial charge in [-0.25, -0.2) is 15.0 Å². The number of H-pyrrole nitrogens is 1. The molecule has 0 spiro atoms. The molecule has 29 heavy (non-hydrogen) atoms. The number of aromatic amines is 1. The number of pyridine rings is 2. The minimum absolute atomic E-state index is 0.0149. The summed E-state index contributed by atoms with van der Waals surface area (Å²) in [7, 11) is 4.81. The van der Waals surface area contributed by atoms with Crippen LogP contribution in [-0.2, 0) is 20.8 Å². The van der Waals surface area contributed by atoms with Gasteiger partial charge in [0.15, 0.2) is 8.42 Å². The van der Waals surface area contributed by atoms with E-state index in [0.717, 1.165) is 31.8 Å². The molecule has 0 aliphatic carbocycles. The smallest absolute Gasteiger partial charge is 0.317 e. The van der Waals surface area contributed by atoms with E-state index in [2.05, 4.69) is 41.3 Å². The fourth-order valence-electron chi connectivity index (χ4n) is 2.00. The third kappa shape index (κ3) is 7.85. The van der Waals surface area contributed by atoms with Gasteiger partial charge in [-0.1, -0.05) is 34.3 Å². The molecule has 0 aliphatic heterocycles. The molecule has 15 heteroatoms. The summed E-state index contributed by atoms with van der Waals surface area (Å²) in [6, 6.07) is 3.63. The molecule has 4 rings (SSSR count). The number of hydrogen-bond acceptors (Lipinski definition) is 9. The number of fused-ring (bicyclic) bond motifs is 2. The minimum atomic E-state index is -3.72. The number of aromatic nitrogens is 4. The predicted molar refractivity (Wildman–Crippen MR) is 123 cm³/mol. The van der Waals surface area contributed by atoms with Crippen LogP contribution in [0.1, 0.15) is 11.1 Å². The van der Waals surface area contributed by atoms with E-state index in [-0.39, 0.29) is 6.61 Å². The largest absolute Gasteiger partial charge is 0.392 e. The van der Waals surface area contributed by atoms with Gasteiger partial charge in [-0.2, -0.15) is 8.42 Å². The molecule has 0 saturated heterocycles. The highest BCUT2D eigenvalue weighted by atomic mass is 36.0. The summed E-state index contributed by atoms with van der Waals surface area (Å²) < 4.78 is 19.5. The van der Waals surface area contributed by atoms with Crippen molar-refractivity contribution in [1.82, 2.24) is 19.9 Å². The van der Waals surface area contributed by atoms with Crippen LogP contribution < -0.4 is 0 Å². The lowest BCUT2D eigenvalue weighted by Crippen LogP contribution is -1.85. The maximum Gasteiger partial charge on any atom is 0.317 e. The minimum Gasteiger partial charge on any atom is -0.392 e. The first-order valence-corrected chi connectivity index (χ1v) is 13.4. The van der Waals surface area contributed by atoms with Crippen molar-refractivity contribution < 1.29 is 13.5 Å². The zero-order chi connectivity index (χ0) is 21.6. The average Bonchev–Trinajstić information content (AvgIpc) is 3.20. The van der Waals surface area contributed by atoms with E-state index in [4.69, 9.17) is 48.9 Å². The van der Waals surface area contributed by atoms with Crippen LogP contribution in [0.4, 0.5) is 0 Å². The summed E-state index contributed by atoms with van der Waals surface area (Å²) in [4.78, 5) is 17.1. The topological polar surface area (TPSA) is 109 Å². The third-order valence-electron chi connectivity index (χ3n) is 3.09. The van der Waals surface area contributed by atoms with Crippen molar-refractivity contribution in [1.29, 1.82) is 0 Å². The highest BCUT2D eigenvalue weighted by molar-refractivity contribution is 8.31. The molecule has 0 fully saturated rings. The maximum atomic E-state index is 9.16. The van der Waals surface area contributed by atoms with E-state index in [1.165, 1.54) is 22.7 Å². The fourth-order valence-corrected chi connectivity index (χ4v) is 4.27. The highest BCUT2D eigenvalue weighted by Crippen LogP contribution is 2.26.